The minimum Gasteiger partial charge on any atom is -0.350 e. The molecule has 0 fully saturated rings. The Hall–Kier alpha value is -2.69. The molecule has 0 aliphatic rings. The number of benzene rings is 2. The van der Waals surface area contributed by atoms with Crippen LogP contribution in [0.4, 0.5) is 4.39 Å². The number of hydrogen-bond acceptors (Lipinski definition) is 2. The summed E-state index contributed by atoms with van der Waals surface area (Å²) in [4.78, 5) is 25.4. The number of nitrogens with one attached hydrogen (secondary N) is 1. The van der Waals surface area contributed by atoms with Gasteiger partial charge in [-0.3, -0.25) is 9.59 Å². The molecule has 0 bridgehead atoms. The van der Waals surface area contributed by atoms with Gasteiger partial charge in [-0.15, -0.1) is 0 Å². The minimum absolute atomic E-state index is 0.0494. The van der Waals surface area contributed by atoms with E-state index in [1.807, 2.05) is 31.2 Å². The third-order valence-electron chi connectivity index (χ3n) is 3.71. The Balaban J connectivity index is 1.87. The molecule has 0 radical (unpaired) electrons. The molecule has 4 nitrogen and oxygen atoms in total. The van der Waals surface area contributed by atoms with E-state index in [2.05, 4.69) is 5.32 Å². The van der Waals surface area contributed by atoms with Crippen LogP contribution in [-0.2, 0) is 11.3 Å². The number of nitrogens with zero attached hydrogens (tertiary/aromatic N) is 1. The molecular formula is C19H21FN2O2. The second-order valence-corrected chi connectivity index (χ2v) is 5.69. The fourth-order valence-corrected chi connectivity index (χ4v) is 2.27. The zero-order chi connectivity index (χ0) is 17.5. The van der Waals surface area contributed by atoms with E-state index < -0.39 is 0 Å². The van der Waals surface area contributed by atoms with Gasteiger partial charge in [-0.05, 0) is 36.8 Å². The van der Waals surface area contributed by atoms with Crippen LogP contribution in [0.25, 0.3) is 0 Å². The van der Waals surface area contributed by atoms with E-state index in [9.17, 15) is 14.0 Å². The van der Waals surface area contributed by atoms with Crippen LogP contribution in [0.1, 0.15) is 28.4 Å². The van der Waals surface area contributed by atoms with Gasteiger partial charge in [-0.25, -0.2) is 4.39 Å². The smallest absolute Gasteiger partial charge is 0.251 e. The van der Waals surface area contributed by atoms with E-state index in [4.69, 9.17) is 0 Å². The molecule has 0 heterocycles. The molecule has 2 aromatic rings. The predicted molar refractivity (Wildman–Crippen MR) is 91.0 cm³/mol. The summed E-state index contributed by atoms with van der Waals surface area (Å²) in [5, 5.41) is 2.74. The van der Waals surface area contributed by atoms with E-state index in [1.165, 1.54) is 36.8 Å². The number of hydrogen-bond donors (Lipinski definition) is 1. The number of carbonyl (C=O) groups is 2. The highest BCUT2D eigenvalue weighted by Gasteiger charge is 2.11. The Morgan fingerprint density at radius 3 is 2.25 bits per heavy atom. The van der Waals surface area contributed by atoms with Crippen LogP contribution in [0.3, 0.4) is 0 Å². The predicted octanol–water partition coefficient (Wildman–Crippen LogP) is 2.91. The second-order valence-electron chi connectivity index (χ2n) is 5.69. The van der Waals surface area contributed by atoms with E-state index in [0.717, 1.165) is 5.56 Å². The quantitative estimate of drug-likeness (QED) is 0.886. The summed E-state index contributed by atoms with van der Waals surface area (Å²) >= 11 is 0. The summed E-state index contributed by atoms with van der Waals surface area (Å²) in [6.07, 6.45) is 0. The average Bonchev–Trinajstić information content (AvgIpc) is 2.56. The number of rotatable bonds is 6. The highest BCUT2D eigenvalue weighted by molar-refractivity contribution is 5.94. The van der Waals surface area contributed by atoms with Crippen LogP contribution in [0, 0.1) is 12.7 Å². The minimum atomic E-state index is -0.382. The standard InChI is InChI=1S/C19H21FN2O2/c1-14-3-5-16(6-4-14)13-22(15(2)23)12-11-21-19(24)17-7-9-18(20)10-8-17/h3-10H,11-13H2,1-2H3,(H,21,24). The molecule has 0 aliphatic heterocycles. The average molecular weight is 328 g/mol. The maximum Gasteiger partial charge on any atom is 0.251 e. The lowest BCUT2D eigenvalue weighted by molar-refractivity contribution is -0.129. The molecule has 2 rings (SSSR count). The van der Waals surface area contributed by atoms with Crippen molar-refractivity contribution in [2.24, 2.45) is 0 Å². The molecular weight excluding hydrogens is 307 g/mol. The van der Waals surface area contributed by atoms with Gasteiger partial charge >= 0.3 is 0 Å². The first kappa shape index (κ1) is 17.7. The van der Waals surface area contributed by atoms with Gasteiger partial charge in [0, 0.05) is 32.1 Å². The van der Waals surface area contributed by atoms with Gasteiger partial charge in [0.05, 0.1) is 0 Å². The number of amides is 2. The maximum atomic E-state index is 12.9. The first-order valence-electron chi connectivity index (χ1n) is 7.80. The summed E-state index contributed by atoms with van der Waals surface area (Å²) in [6.45, 7) is 4.77. The van der Waals surface area contributed by atoms with Crippen molar-refractivity contribution in [1.29, 1.82) is 0 Å². The van der Waals surface area contributed by atoms with Crippen molar-refractivity contribution in [2.75, 3.05) is 13.1 Å². The van der Waals surface area contributed by atoms with Crippen molar-refractivity contribution in [1.82, 2.24) is 10.2 Å². The van der Waals surface area contributed by atoms with Crippen LogP contribution in [0.15, 0.2) is 48.5 Å². The second kappa shape index (κ2) is 8.24. The lowest BCUT2D eigenvalue weighted by Crippen LogP contribution is -2.37. The molecule has 0 spiro atoms. The molecule has 1 N–H and O–H groups in total. The molecule has 24 heavy (non-hydrogen) atoms. The summed E-state index contributed by atoms with van der Waals surface area (Å²) in [5.74, 6) is -0.715. The summed E-state index contributed by atoms with van der Waals surface area (Å²) in [7, 11) is 0. The fraction of sp³-hybridized carbons (Fsp3) is 0.263. The van der Waals surface area contributed by atoms with Crippen molar-refractivity contribution < 1.29 is 14.0 Å². The lowest BCUT2D eigenvalue weighted by Gasteiger charge is -2.21. The van der Waals surface area contributed by atoms with Crippen molar-refractivity contribution in [3.05, 3.63) is 71.0 Å². The molecule has 0 unspecified atom stereocenters. The molecule has 2 amide bonds. The van der Waals surface area contributed by atoms with Crippen molar-refractivity contribution in [3.8, 4) is 0 Å². The molecule has 0 saturated carbocycles. The molecule has 0 saturated heterocycles. The zero-order valence-electron chi connectivity index (χ0n) is 13.9. The van der Waals surface area contributed by atoms with E-state index in [1.54, 1.807) is 4.90 Å². The fourth-order valence-electron chi connectivity index (χ4n) is 2.27. The van der Waals surface area contributed by atoms with Gasteiger partial charge < -0.3 is 10.2 Å². The van der Waals surface area contributed by atoms with Gasteiger partial charge in [0.2, 0.25) is 5.91 Å². The highest BCUT2D eigenvalue weighted by atomic mass is 19.1. The normalized spacial score (nSPS) is 10.3. The zero-order valence-corrected chi connectivity index (χ0v) is 13.9. The van der Waals surface area contributed by atoms with Crippen LogP contribution in [0.5, 0.6) is 0 Å². The molecule has 0 aromatic heterocycles. The van der Waals surface area contributed by atoms with Crippen LogP contribution in [0.2, 0.25) is 0 Å². The summed E-state index contributed by atoms with van der Waals surface area (Å²) in [6, 6.07) is 13.3. The van der Waals surface area contributed by atoms with Gasteiger partial charge in [-0.1, -0.05) is 29.8 Å². The van der Waals surface area contributed by atoms with Gasteiger partial charge in [-0.2, -0.15) is 0 Å². The summed E-state index contributed by atoms with van der Waals surface area (Å²) < 4.78 is 12.9. The largest absolute Gasteiger partial charge is 0.350 e. The van der Waals surface area contributed by atoms with Crippen molar-refractivity contribution in [3.63, 3.8) is 0 Å². The Kier molecular flexibility index (Phi) is 6.07. The molecule has 126 valence electrons. The van der Waals surface area contributed by atoms with Gasteiger partial charge in [0.1, 0.15) is 5.82 Å². The number of carbonyl (C=O) groups excluding carboxylic acids is 2. The lowest BCUT2D eigenvalue weighted by atomic mass is 10.1. The van der Waals surface area contributed by atoms with E-state index in [-0.39, 0.29) is 17.6 Å². The van der Waals surface area contributed by atoms with E-state index in [0.29, 0.717) is 25.2 Å². The van der Waals surface area contributed by atoms with Gasteiger partial charge in [0.25, 0.3) is 5.91 Å². The monoisotopic (exact) mass is 328 g/mol. The Morgan fingerprint density at radius 1 is 1.04 bits per heavy atom. The Morgan fingerprint density at radius 2 is 1.67 bits per heavy atom. The molecule has 5 heteroatoms. The number of aryl methyl sites for hydroxylation is 1. The van der Waals surface area contributed by atoms with Crippen molar-refractivity contribution in [2.45, 2.75) is 20.4 Å². The van der Waals surface area contributed by atoms with Crippen molar-refractivity contribution >= 4 is 11.8 Å². The van der Waals surface area contributed by atoms with Crippen LogP contribution < -0.4 is 5.32 Å². The topological polar surface area (TPSA) is 49.4 Å². The Labute approximate surface area is 141 Å². The third-order valence-corrected chi connectivity index (χ3v) is 3.71. The third kappa shape index (κ3) is 5.19. The summed E-state index contributed by atoms with van der Waals surface area (Å²) in [5.41, 5.74) is 2.60. The maximum absolute atomic E-state index is 12.9. The van der Waals surface area contributed by atoms with Crippen LogP contribution in [-0.4, -0.2) is 29.8 Å². The first-order valence-corrected chi connectivity index (χ1v) is 7.80. The highest BCUT2D eigenvalue weighted by Crippen LogP contribution is 2.07. The number of halogens is 1. The molecule has 0 aliphatic carbocycles. The first-order chi connectivity index (χ1) is 11.5. The molecule has 2 aromatic carbocycles. The van der Waals surface area contributed by atoms with E-state index >= 15 is 0 Å². The van der Waals surface area contributed by atoms with Crippen LogP contribution >= 0.6 is 0 Å². The van der Waals surface area contributed by atoms with Gasteiger partial charge in [0.15, 0.2) is 0 Å². The molecule has 0 atom stereocenters. The SMILES string of the molecule is CC(=O)N(CCNC(=O)c1ccc(F)cc1)Cc1ccc(C)cc1. The Bertz CT molecular complexity index is 696.